The molecule has 1 atom stereocenters. The summed E-state index contributed by atoms with van der Waals surface area (Å²) in [7, 11) is -4.24. The summed E-state index contributed by atoms with van der Waals surface area (Å²) in [5.41, 5.74) is -0.901. The number of rotatable bonds is 7. The smallest absolute Gasteiger partial charge is 0.338 e. The molecule has 0 aromatic heterocycles. The van der Waals surface area contributed by atoms with Crippen LogP contribution in [0.2, 0.25) is 0 Å². The summed E-state index contributed by atoms with van der Waals surface area (Å²) < 4.78 is 55.0. The molecule has 0 radical (unpaired) electrons. The molecule has 0 aliphatic heterocycles. The van der Waals surface area contributed by atoms with E-state index in [1.165, 1.54) is 31.4 Å². The van der Waals surface area contributed by atoms with Crippen LogP contribution in [0, 0.1) is 23.6 Å². The monoisotopic (exact) mass is 426 g/mol. The van der Waals surface area contributed by atoms with Gasteiger partial charge in [0.2, 0.25) is 0 Å². The summed E-state index contributed by atoms with van der Waals surface area (Å²) in [6.45, 7) is 3.16. The molecule has 6 nitrogen and oxygen atoms in total. The molecule has 29 heavy (non-hydrogen) atoms. The summed E-state index contributed by atoms with van der Waals surface area (Å²) in [5.74, 6) is 4.40. The Balaban J connectivity index is 2.11. The predicted molar refractivity (Wildman–Crippen MR) is 107 cm³/mol. The lowest BCUT2D eigenvalue weighted by atomic mass is 9.89. The molecule has 8 heteroatoms. The molecule has 0 heterocycles. The molecular formula is C21H27FO6S. The predicted octanol–water partition coefficient (Wildman–Crippen LogP) is 4.00. The van der Waals surface area contributed by atoms with Gasteiger partial charge in [-0.2, -0.15) is 8.42 Å². The van der Waals surface area contributed by atoms with Crippen LogP contribution in [0.15, 0.2) is 18.2 Å². The lowest BCUT2D eigenvalue weighted by Gasteiger charge is -2.25. The second kappa shape index (κ2) is 10.1. The lowest BCUT2D eigenvalue weighted by Crippen LogP contribution is -2.30. The normalized spacial score (nSPS) is 17.0. The third kappa shape index (κ3) is 7.67. The third-order valence-electron chi connectivity index (χ3n) is 4.90. The van der Waals surface area contributed by atoms with Gasteiger partial charge in [0.05, 0.1) is 5.56 Å². The van der Waals surface area contributed by atoms with Crippen molar-refractivity contribution >= 4 is 16.1 Å². The highest BCUT2D eigenvalue weighted by Gasteiger charge is 2.25. The zero-order valence-electron chi connectivity index (χ0n) is 16.7. The Kier molecular flexibility index (Phi) is 8.05. The molecule has 160 valence electrons. The Labute approximate surface area is 171 Å². The van der Waals surface area contributed by atoms with Crippen molar-refractivity contribution in [2.45, 2.75) is 58.0 Å². The van der Waals surface area contributed by atoms with Gasteiger partial charge in [-0.3, -0.25) is 4.55 Å². The number of benzene rings is 1. The average Bonchev–Trinajstić information content (AvgIpc) is 2.68. The number of halogens is 1. The fourth-order valence-corrected chi connectivity index (χ4v) is 3.26. The highest BCUT2D eigenvalue weighted by atomic mass is 32.2. The Bertz CT molecular complexity index is 880. The van der Waals surface area contributed by atoms with Crippen LogP contribution in [0.1, 0.15) is 62.7 Å². The van der Waals surface area contributed by atoms with E-state index >= 15 is 0 Å². The van der Waals surface area contributed by atoms with Gasteiger partial charge in [0.25, 0.3) is 10.1 Å². The van der Waals surface area contributed by atoms with Gasteiger partial charge >= 0.3 is 5.97 Å². The van der Waals surface area contributed by atoms with Crippen molar-refractivity contribution in [3.05, 3.63) is 29.6 Å². The van der Waals surface area contributed by atoms with E-state index in [2.05, 4.69) is 11.8 Å². The van der Waals surface area contributed by atoms with Crippen molar-refractivity contribution in [1.29, 1.82) is 0 Å². The van der Waals surface area contributed by atoms with E-state index in [9.17, 15) is 17.6 Å². The van der Waals surface area contributed by atoms with Crippen LogP contribution in [-0.4, -0.2) is 36.9 Å². The van der Waals surface area contributed by atoms with Crippen LogP contribution in [0.5, 0.6) is 5.75 Å². The standard InChI is InChI=1S/C21H27FO6S/c1-3-21(2,12-11-16-7-5-4-6-8-16)28-19-15-17(9-10-18(19)22)20(23)27-13-14-29(24,25)26/h9-10,15-16H,3-8,13-14H2,1-2H3,(H,24,25,26). The minimum absolute atomic E-state index is 0.00966. The summed E-state index contributed by atoms with van der Waals surface area (Å²) in [5, 5.41) is 0. The molecule has 1 aliphatic rings. The molecule has 0 saturated heterocycles. The van der Waals surface area contributed by atoms with Crippen LogP contribution >= 0.6 is 0 Å². The van der Waals surface area contributed by atoms with Gasteiger partial charge in [-0.15, -0.1) is 0 Å². The van der Waals surface area contributed by atoms with Gasteiger partial charge in [-0.1, -0.05) is 38.0 Å². The van der Waals surface area contributed by atoms with E-state index in [0.29, 0.717) is 12.3 Å². The molecule has 0 bridgehead atoms. The summed E-state index contributed by atoms with van der Waals surface area (Å²) in [6.07, 6.45) is 6.21. The quantitative estimate of drug-likeness (QED) is 0.403. The first-order valence-corrected chi connectivity index (χ1v) is 11.4. The van der Waals surface area contributed by atoms with E-state index in [-0.39, 0.29) is 11.3 Å². The molecule has 1 aliphatic carbocycles. The van der Waals surface area contributed by atoms with Crippen molar-refractivity contribution in [3.8, 4) is 17.6 Å². The number of hydrogen-bond acceptors (Lipinski definition) is 5. The third-order valence-corrected chi connectivity index (χ3v) is 5.58. The summed E-state index contributed by atoms with van der Waals surface area (Å²) in [4.78, 5) is 12.1. The number of ether oxygens (including phenoxy) is 2. The number of carbonyl (C=O) groups excluding carboxylic acids is 1. The zero-order chi connectivity index (χ0) is 21.5. The Morgan fingerprint density at radius 2 is 2.00 bits per heavy atom. The summed E-state index contributed by atoms with van der Waals surface area (Å²) in [6, 6.07) is 3.51. The van der Waals surface area contributed by atoms with Crippen LogP contribution in [-0.2, 0) is 14.9 Å². The van der Waals surface area contributed by atoms with Crippen LogP contribution in [0.25, 0.3) is 0 Å². The second-order valence-corrected chi connectivity index (χ2v) is 8.93. The number of hydrogen-bond donors (Lipinski definition) is 1. The molecule has 1 unspecified atom stereocenters. The van der Waals surface area contributed by atoms with Crippen molar-refractivity contribution in [1.82, 2.24) is 0 Å². The summed E-state index contributed by atoms with van der Waals surface area (Å²) >= 11 is 0. The van der Waals surface area contributed by atoms with Crippen molar-refractivity contribution in [2.24, 2.45) is 5.92 Å². The fourth-order valence-electron chi connectivity index (χ4n) is 2.96. The van der Waals surface area contributed by atoms with Gasteiger partial charge in [-0.05, 0) is 44.4 Å². The fraction of sp³-hybridized carbons (Fsp3) is 0.571. The van der Waals surface area contributed by atoms with Crippen molar-refractivity contribution in [2.75, 3.05) is 12.4 Å². The molecular weight excluding hydrogens is 399 g/mol. The molecule has 2 rings (SSSR count). The van der Waals surface area contributed by atoms with E-state index in [0.717, 1.165) is 18.9 Å². The highest BCUT2D eigenvalue weighted by molar-refractivity contribution is 7.85. The first-order valence-electron chi connectivity index (χ1n) is 9.75. The number of esters is 1. The largest absolute Gasteiger partial charge is 0.472 e. The van der Waals surface area contributed by atoms with Crippen LogP contribution in [0.3, 0.4) is 0 Å². The Morgan fingerprint density at radius 1 is 1.31 bits per heavy atom. The molecule has 0 amide bonds. The SMILES string of the molecule is CCC(C)(C#CC1CCCCC1)Oc1cc(C(=O)OCCS(=O)(=O)O)ccc1F. The molecule has 1 fully saturated rings. The number of carbonyl (C=O) groups is 1. The maximum Gasteiger partial charge on any atom is 0.338 e. The topological polar surface area (TPSA) is 89.9 Å². The van der Waals surface area contributed by atoms with E-state index in [1.807, 2.05) is 6.92 Å². The minimum atomic E-state index is -4.24. The molecule has 1 aromatic carbocycles. The first kappa shape index (κ1) is 23.2. The van der Waals surface area contributed by atoms with E-state index in [4.69, 9.17) is 14.0 Å². The zero-order valence-corrected chi connectivity index (χ0v) is 17.6. The Hall–Kier alpha value is -2.11. The van der Waals surface area contributed by atoms with E-state index in [1.54, 1.807) is 6.92 Å². The Morgan fingerprint density at radius 3 is 2.62 bits per heavy atom. The molecule has 1 saturated carbocycles. The van der Waals surface area contributed by atoms with Gasteiger partial charge in [0, 0.05) is 5.92 Å². The average molecular weight is 427 g/mol. The van der Waals surface area contributed by atoms with Crippen molar-refractivity contribution < 1.29 is 31.6 Å². The maximum absolute atomic E-state index is 14.3. The lowest BCUT2D eigenvalue weighted by molar-refractivity contribution is 0.0526. The van der Waals surface area contributed by atoms with Gasteiger partial charge in [-0.25, -0.2) is 9.18 Å². The van der Waals surface area contributed by atoms with Gasteiger partial charge in [0.1, 0.15) is 12.4 Å². The van der Waals surface area contributed by atoms with Gasteiger partial charge < -0.3 is 9.47 Å². The highest BCUT2D eigenvalue weighted by Crippen LogP contribution is 2.27. The molecule has 1 N–H and O–H groups in total. The van der Waals surface area contributed by atoms with Crippen molar-refractivity contribution in [3.63, 3.8) is 0 Å². The molecule has 0 spiro atoms. The first-order chi connectivity index (χ1) is 13.6. The second-order valence-electron chi connectivity index (χ2n) is 7.36. The minimum Gasteiger partial charge on any atom is -0.472 e. The van der Waals surface area contributed by atoms with Gasteiger partial charge in [0.15, 0.2) is 17.2 Å². The molecule has 1 aromatic rings. The maximum atomic E-state index is 14.3. The van der Waals surface area contributed by atoms with Crippen LogP contribution in [0.4, 0.5) is 4.39 Å². The van der Waals surface area contributed by atoms with E-state index < -0.39 is 39.9 Å². The van der Waals surface area contributed by atoms with Crippen LogP contribution < -0.4 is 4.74 Å².